The largest absolute Gasteiger partial charge is 0.466 e. The zero-order valence-corrected chi connectivity index (χ0v) is 10.5. The number of aryl methyl sites for hydroxylation is 2. The first-order valence-corrected chi connectivity index (χ1v) is 5.81. The fourth-order valence-electron chi connectivity index (χ4n) is 1.73. The molecule has 2 rings (SSSR count). The Morgan fingerprint density at radius 1 is 1.22 bits per heavy atom. The zero-order chi connectivity index (χ0) is 13.0. The van der Waals surface area contributed by atoms with E-state index in [1.165, 1.54) is 0 Å². The van der Waals surface area contributed by atoms with Crippen molar-refractivity contribution < 1.29 is 9.21 Å². The van der Waals surface area contributed by atoms with E-state index in [-0.39, 0.29) is 6.03 Å². The van der Waals surface area contributed by atoms with E-state index in [1.807, 2.05) is 50.2 Å². The van der Waals surface area contributed by atoms with E-state index < -0.39 is 0 Å². The van der Waals surface area contributed by atoms with Crippen molar-refractivity contribution in [3.05, 3.63) is 53.5 Å². The molecule has 0 saturated heterocycles. The smallest absolute Gasteiger partial charge is 0.319 e. The van der Waals surface area contributed by atoms with Crippen molar-refractivity contribution in [2.75, 3.05) is 5.32 Å². The van der Waals surface area contributed by atoms with Crippen molar-refractivity contribution in [2.45, 2.75) is 20.4 Å². The predicted octanol–water partition coefficient (Wildman–Crippen LogP) is 3.22. The summed E-state index contributed by atoms with van der Waals surface area (Å²) in [7, 11) is 0. The first kappa shape index (κ1) is 12.2. The molecule has 0 bridgehead atoms. The second-order valence-electron chi connectivity index (χ2n) is 4.11. The molecule has 0 aliphatic heterocycles. The van der Waals surface area contributed by atoms with Crippen molar-refractivity contribution >= 4 is 11.7 Å². The molecule has 0 radical (unpaired) electrons. The number of hydrogen-bond donors (Lipinski definition) is 2. The van der Waals surface area contributed by atoms with E-state index in [9.17, 15) is 4.79 Å². The molecule has 1 aromatic heterocycles. The van der Waals surface area contributed by atoms with Gasteiger partial charge in [-0.1, -0.05) is 18.2 Å². The summed E-state index contributed by atoms with van der Waals surface area (Å²) in [6, 6.07) is 11.0. The molecule has 2 aromatic rings. The molecular formula is C14H16N2O2. The van der Waals surface area contributed by atoms with Crippen LogP contribution in [0.5, 0.6) is 0 Å². The Morgan fingerprint density at radius 3 is 2.56 bits per heavy atom. The average molecular weight is 244 g/mol. The number of carbonyl (C=O) groups excluding carboxylic acids is 1. The van der Waals surface area contributed by atoms with Gasteiger partial charge >= 0.3 is 6.03 Å². The van der Waals surface area contributed by atoms with Crippen LogP contribution in [0, 0.1) is 13.8 Å². The Kier molecular flexibility index (Phi) is 3.67. The molecule has 0 unspecified atom stereocenters. The number of hydrogen-bond acceptors (Lipinski definition) is 2. The van der Waals surface area contributed by atoms with Gasteiger partial charge in [0, 0.05) is 17.8 Å². The minimum atomic E-state index is -0.223. The summed E-state index contributed by atoms with van der Waals surface area (Å²) in [4.78, 5) is 11.7. The molecule has 0 atom stereocenters. The molecule has 1 aromatic carbocycles. The quantitative estimate of drug-likeness (QED) is 0.871. The Hall–Kier alpha value is -2.23. The predicted molar refractivity (Wildman–Crippen MR) is 70.5 cm³/mol. The van der Waals surface area contributed by atoms with Gasteiger partial charge in [-0.05, 0) is 32.0 Å². The molecular weight excluding hydrogens is 228 g/mol. The van der Waals surface area contributed by atoms with Crippen molar-refractivity contribution in [3.8, 4) is 0 Å². The highest BCUT2D eigenvalue weighted by atomic mass is 16.3. The summed E-state index contributed by atoms with van der Waals surface area (Å²) in [6.45, 7) is 4.24. The van der Waals surface area contributed by atoms with Crippen molar-refractivity contribution in [2.24, 2.45) is 0 Å². The van der Waals surface area contributed by atoms with Crippen LogP contribution in [-0.4, -0.2) is 6.03 Å². The third-order valence-corrected chi connectivity index (χ3v) is 2.61. The number of urea groups is 1. The third kappa shape index (κ3) is 3.13. The minimum absolute atomic E-state index is 0.223. The van der Waals surface area contributed by atoms with Crippen LogP contribution < -0.4 is 10.6 Å². The summed E-state index contributed by atoms with van der Waals surface area (Å²) in [5.74, 6) is 1.69. The highest BCUT2D eigenvalue weighted by Gasteiger charge is 2.06. The second-order valence-corrected chi connectivity index (χ2v) is 4.11. The van der Waals surface area contributed by atoms with Gasteiger partial charge in [0.15, 0.2) is 0 Å². The molecule has 2 N–H and O–H groups in total. The average Bonchev–Trinajstić information content (AvgIpc) is 2.66. The molecule has 18 heavy (non-hydrogen) atoms. The number of rotatable bonds is 3. The van der Waals surface area contributed by atoms with Gasteiger partial charge in [-0.25, -0.2) is 4.79 Å². The summed E-state index contributed by atoms with van der Waals surface area (Å²) in [5.41, 5.74) is 1.77. The Bertz CT molecular complexity index is 532. The second kappa shape index (κ2) is 5.40. The van der Waals surface area contributed by atoms with Crippen LogP contribution in [0.2, 0.25) is 0 Å². The number of benzene rings is 1. The Morgan fingerprint density at radius 2 is 1.94 bits per heavy atom. The number of amides is 2. The van der Waals surface area contributed by atoms with Crippen LogP contribution >= 0.6 is 0 Å². The van der Waals surface area contributed by atoms with Crippen LogP contribution in [0.15, 0.2) is 40.8 Å². The van der Waals surface area contributed by atoms with Crippen molar-refractivity contribution in [3.63, 3.8) is 0 Å². The fraction of sp³-hybridized carbons (Fsp3) is 0.214. The molecule has 0 aliphatic carbocycles. The van der Waals surface area contributed by atoms with Crippen LogP contribution in [0.25, 0.3) is 0 Å². The summed E-state index contributed by atoms with van der Waals surface area (Å²) in [6.07, 6.45) is 0. The maximum atomic E-state index is 11.7. The van der Waals surface area contributed by atoms with Gasteiger partial charge in [-0.3, -0.25) is 0 Å². The third-order valence-electron chi connectivity index (χ3n) is 2.61. The lowest BCUT2D eigenvalue weighted by Crippen LogP contribution is -2.28. The summed E-state index contributed by atoms with van der Waals surface area (Å²) < 4.78 is 5.39. The van der Waals surface area contributed by atoms with Gasteiger partial charge in [0.05, 0.1) is 0 Å². The van der Waals surface area contributed by atoms with E-state index in [1.54, 1.807) is 0 Å². The van der Waals surface area contributed by atoms with E-state index >= 15 is 0 Å². The van der Waals surface area contributed by atoms with E-state index in [0.29, 0.717) is 6.54 Å². The lowest BCUT2D eigenvalue weighted by molar-refractivity contribution is 0.251. The maximum Gasteiger partial charge on any atom is 0.319 e. The Labute approximate surface area is 106 Å². The van der Waals surface area contributed by atoms with Crippen molar-refractivity contribution in [1.82, 2.24) is 5.32 Å². The van der Waals surface area contributed by atoms with Crippen molar-refractivity contribution in [1.29, 1.82) is 0 Å². The highest BCUT2D eigenvalue weighted by Crippen LogP contribution is 2.13. The summed E-state index contributed by atoms with van der Waals surface area (Å²) in [5, 5.41) is 5.55. The molecule has 4 nitrogen and oxygen atoms in total. The SMILES string of the molecule is Cc1cc(CNC(=O)Nc2ccccc2)c(C)o1. The lowest BCUT2D eigenvalue weighted by Gasteiger charge is -2.06. The fourth-order valence-corrected chi connectivity index (χ4v) is 1.73. The van der Waals surface area contributed by atoms with Crippen LogP contribution in [0.3, 0.4) is 0 Å². The number of nitrogens with one attached hydrogen (secondary N) is 2. The monoisotopic (exact) mass is 244 g/mol. The minimum Gasteiger partial charge on any atom is -0.466 e. The van der Waals surface area contributed by atoms with Gasteiger partial charge in [0.2, 0.25) is 0 Å². The first-order valence-electron chi connectivity index (χ1n) is 5.81. The molecule has 2 amide bonds. The van der Waals surface area contributed by atoms with E-state index in [0.717, 1.165) is 22.8 Å². The first-order chi connectivity index (χ1) is 8.65. The highest BCUT2D eigenvalue weighted by molar-refractivity contribution is 5.89. The zero-order valence-electron chi connectivity index (χ0n) is 10.5. The maximum absolute atomic E-state index is 11.7. The van der Waals surface area contributed by atoms with Gasteiger partial charge in [0.1, 0.15) is 11.5 Å². The van der Waals surface area contributed by atoms with Crippen LogP contribution in [0.4, 0.5) is 10.5 Å². The van der Waals surface area contributed by atoms with Crippen LogP contribution in [0.1, 0.15) is 17.1 Å². The molecule has 0 saturated carbocycles. The standard InChI is InChI=1S/C14H16N2O2/c1-10-8-12(11(2)18-10)9-15-14(17)16-13-6-4-3-5-7-13/h3-8H,9H2,1-2H3,(H2,15,16,17). The molecule has 0 aliphatic rings. The summed E-state index contributed by atoms with van der Waals surface area (Å²) >= 11 is 0. The van der Waals surface area contributed by atoms with Crippen LogP contribution in [-0.2, 0) is 6.54 Å². The lowest BCUT2D eigenvalue weighted by atomic mass is 10.2. The topological polar surface area (TPSA) is 54.3 Å². The molecule has 94 valence electrons. The van der Waals surface area contributed by atoms with E-state index in [2.05, 4.69) is 10.6 Å². The number of carbonyl (C=O) groups is 1. The molecule has 1 heterocycles. The number of para-hydroxylation sites is 1. The number of furan rings is 1. The van der Waals surface area contributed by atoms with E-state index in [4.69, 9.17) is 4.42 Å². The Balaban J connectivity index is 1.87. The molecule has 4 heteroatoms. The van der Waals surface area contributed by atoms with Gasteiger partial charge < -0.3 is 15.1 Å². The normalized spacial score (nSPS) is 10.1. The number of anilines is 1. The van der Waals surface area contributed by atoms with Gasteiger partial charge in [-0.2, -0.15) is 0 Å². The van der Waals surface area contributed by atoms with Gasteiger partial charge in [-0.15, -0.1) is 0 Å². The molecule has 0 fully saturated rings. The molecule has 0 spiro atoms. The van der Waals surface area contributed by atoms with Gasteiger partial charge in [0.25, 0.3) is 0 Å².